The van der Waals surface area contributed by atoms with Crippen molar-refractivity contribution in [2.45, 2.75) is 71.8 Å². The van der Waals surface area contributed by atoms with Crippen molar-refractivity contribution >= 4 is 8.07 Å². The van der Waals surface area contributed by atoms with E-state index < -0.39 is 31.3 Å². The zero-order chi connectivity index (χ0) is 26.8. The van der Waals surface area contributed by atoms with E-state index in [0.717, 1.165) is 9.19 Å². The molecule has 1 heterocycles. The molecule has 3 heteroatoms. The molecule has 1 N–H and O–H groups in total. The zero-order valence-electron chi connectivity index (χ0n) is 23.6. The summed E-state index contributed by atoms with van der Waals surface area (Å²) in [6, 6.07) is 24.2. The standard InChI is InChI=1S/C14H22O.C13H9.C7H9Si.Zr/c1-13(2,3)10-7-8-12(15)11(9-10)14(4,5)6;1-3-7-12-10(5-1)9-11-6-2-4-8-13(11)12;1-8(2)6-4-3-5-7(6)8;/h7-9,15H,1-6H3;1-9H;3-5H,1-2H3;. The van der Waals surface area contributed by atoms with Crippen LogP contribution in [-0.4, -0.2) is 13.2 Å². The van der Waals surface area contributed by atoms with E-state index >= 15 is 0 Å². The van der Waals surface area contributed by atoms with Gasteiger partial charge in [0.05, 0.1) is 0 Å². The van der Waals surface area contributed by atoms with Crippen molar-refractivity contribution in [2.24, 2.45) is 0 Å². The summed E-state index contributed by atoms with van der Waals surface area (Å²) in [4.78, 5) is 0. The number of phenols is 1. The normalized spacial score (nSPS) is 20.8. The van der Waals surface area contributed by atoms with E-state index in [9.17, 15) is 5.11 Å². The Morgan fingerprint density at radius 2 is 1.35 bits per heavy atom. The molecule has 0 radical (unpaired) electrons. The van der Waals surface area contributed by atoms with Crippen molar-refractivity contribution in [1.29, 1.82) is 0 Å². The summed E-state index contributed by atoms with van der Waals surface area (Å²) in [7, 11) is -1.12. The first-order valence-corrected chi connectivity index (χ1v) is 19.1. The van der Waals surface area contributed by atoms with E-state index in [-0.39, 0.29) is 10.8 Å². The number of fused-ring (bicyclic) bond motifs is 4. The van der Waals surface area contributed by atoms with Crippen molar-refractivity contribution in [1.82, 2.24) is 0 Å². The van der Waals surface area contributed by atoms with Crippen LogP contribution in [0.4, 0.5) is 0 Å². The van der Waals surface area contributed by atoms with Gasteiger partial charge >= 0.3 is 145 Å². The molecule has 1 nitrogen and oxygen atoms in total. The van der Waals surface area contributed by atoms with Gasteiger partial charge in [0, 0.05) is 0 Å². The molecular weight excluding hydrogens is 544 g/mol. The summed E-state index contributed by atoms with van der Waals surface area (Å²) >= 11 is -0.618. The summed E-state index contributed by atoms with van der Waals surface area (Å²) in [5.41, 5.74) is 8.63. The van der Waals surface area contributed by atoms with E-state index in [2.05, 4.69) is 127 Å². The van der Waals surface area contributed by atoms with E-state index in [0.29, 0.717) is 8.50 Å². The Kier molecular flexibility index (Phi) is 6.52. The van der Waals surface area contributed by atoms with Gasteiger partial charge in [0.15, 0.2) is 0 Å². The second-order valence-electron chi connectivity index (χ2n) is 13.4. The minimum atomic E-state index is -1.12. The molecule has 0 saturated carbocycles. The molecule has 6 rings (SSSR count). The van der Waals surface area contributed by atoms with Gasteiger partial charge < -0.3 is 5.11 Å². The molecule has 2 aliphatic carbocycles. The number of allylic oxidation sites excluding steroid dienone is 4. The van der Waals surface area contributed by atoms with Crippen LogP contribution < -0.4 is 0 Å². The Morgan fingerprint density at radius 1 is 0.784 bits per heavy atom. The molecule has 1 fully saturated rings. The summed E-state index contributed by atoms with van der Waals surface area (Å²) in [6.07, 6.45) is 7.37. The third-order valence-electron chi connectivity index (χ3n) is 8.51. The molecule has 37 heavy (non-hydrogen) atoms. The maximum absolute atomic E-state index is 9.84. The number of benzene rings is 3. The van der Waals surface area contributed by atoms with E-state index in [1.54, 1.807) is 17.2 Å². The number of hydrogen-bond acceptors (Lipinski definition) is 1. The summed E-state index contributed by atoms with van der Waals surface area (Å²) in [6.45, 7) is 18.1. The van der Waals surface area contributed by atoms with Crippen LogP contribution in [0, 0.1) is 0 Å². The van der Waals surface area contributed by atoms with Crippen LogP contribution in [0.1, 0.15) is 67.4 Å². The van der Waals surface area contributed by atoms with Crippen LogP contribution in [0.25, 0.3) is 11.1 Å². The van der Waals surface area contributed by atoms with Crippen LogP contribution in [0.2, 0.25) is 15.8 Å². The molecule has 1 saturated heterocycles. The predicted octanol–water partition coefficient (Wildman–Crippen LogP) is 9.28. The third-order valence-corrected chi connectivity index (χ3v) is 23.1. The van der Waals surface area contributed by atoms with Gasteiger partial charge in [-0.15, -0.1) is 0 Å². The van der Waals surface area contributed by atoms with Crippen molar-refractivity contribution in [2.75, 3.05) is 0 Å². The zero-order valence-corrected chi connectivity index (χ0v) is 27.1. The van der Waals surface area contributed by atoms with E-state index in [1.807, 2.05) is 11.3 Å². The first-order valence-electron chi connectivity index (χ1n) is 13.5. The second kappa shape index (κ2) is 9.06. The van der Waals surface area contributed by atoms with Gasteiger partial charge in [-0.3, -0.25) is 0 Å². The van der Waals surface area contributed by atoms with Crippen LogP contribution in [-0.2, 0) is 34.1 Å². The van der Waals surface area contributed by atoms with Crippen LogP contribution in [0.15, 0.2) is 90.2 Å². The average molecular weight is 584 g/mol. The van der Waals surface area contributed by atoms with Crippen LogP contribution >= 0.6 is 0 Å². The van der Waals surface area contributed by atoms with Gasteiger partial charge in [-0.2, -0.15) is 0 Å². The molecule has 3 aromatic carbocycles. The fourth-order valence-electron chi connectivity index (χ4n) is 6.09. The first kappa shape index (κ1) is 26.6. The monoisotopic (exact) mass is 582 g/mol. The quantitative estimate of drug-likeness (QED) is 0.298. The average Bonchev–Trinajstić information content (AvgIpc) is 3.18. The van der Waals surface area contributed by atoms with Crippen molar-refractivity contribution in [3.05, 3.63) is 112 Å². The second-order valence-corrected chi connectivity index (χ2v) is 23.2. The first-order chi connectivity index (χ1) is 17.3. The summed E-state index contributed by atoms with van der Waals surface area (Å²) in [5, 5.41) is 11.7. The molecule has 190 valence electrons. The van der Waals surface area contributed by atoms with Crippen LogP contribution in [0.3, 0.4) is 0 Å². The van der Waals surface area contributed by atoms with Crippen molar-refractivity contribution in [3.8, 4) is 16.9 Å². The molecule has 1 aliphatic heterocycles. The predicted molar refractivity (Wildman–Crippen MR) is 157 cm³/mol. The molecule has 3 aromatic rings. The van der Waals surface area contributed by atoms with Gasteiger partial charge in [0.25, 0.3) is 0 Å². The molecular formula is C34H40OSiZr. The molecule has 0 aromatic heterocycles. The molecule has 1 unspecified atom stereocenters. The number of hydrogen-bond donors (Lipinski definition) is 1. The van der Waals surface area contributed by atoms with Gasteiger partial charge in [0.2, 0.25) is 0 Å². The number of phenolic OH excluding ortho intramolecular Hbond substituents is 1. The van der Waals surface area contributed by atoms with Gasteiger partial charge in [0.1, 0.15) is 5.75 Å². The number of rotatable bonds is 2. The van der Waals surface area contributed by atoms with Gasteiger partial charge in [-0.05, 0) is 28.0 Å². The number of aromatic hydroxyl groups is 1. The van der Waals surface area contributed by atoms with Crippen molar-refractivity contribution in [3.63, 3.8) is 0 Å². The third kappa shape index (κ3) is 4.51. The molecule has 1 atom stereocenters. The van der Waals surface area contributed by atoms with Crippen molar-refractivity contribution < 1.29 is 28.3 Å². The Balaban J connectivity index is 0.000000165. The summed E-state index contributed by atoms with van der Waals surface area (Å²) < 4.78 is 1.34. The topological polar surface area (TPSA) is 20.2 Å². The van der Waals surface area contributed by atoms with Gasteiger partial charge in [-0.1, -0.05) is 53.7 Å². The Morgan fingerprint density at radius 3 is 1.84 bits per heavy atom. The van der Waals surface area contributed by atoms with Gasteiger partial charge in [-0.25, -0.2) is 0 Å². The maximum atomic E-state index is 9.84. The Labute approximate surface area is 236 Å². The Bertz CT molecular complexity index is 1370. The molecule has 0 spiro atoms. The Hall–Kier alpha value is -1.96. The SMILES string of the molecule is CC(C)(C)c1ccc(O)c(C(C)(C)C)c1.C[Si]1(C)C2=CC=C[C]21[Zr][CH]1c2ccccc2-c2ccccc21. The minimum absolute atomic E-state index is 0.00859. The van der Waals surface area contributed by atoms with E-state index in [1.165, 1.54) is 16.7 Å². The summed E-state index contributed by atoms with van der Waals surface area (Å²) in [5.74, 6) is 0.399. The molecule has 3 aliphatic rings. The fraction of sp³-hybridized carbons (Fsp3) is 0.353. The molecule has 0 amide bonds. The molecule has 0 bridgehead atoms. The van der Waals surface area contributed by atoms with Crippen LogP contribution in [0.5, 0.6) is 5.75 Å². The van der Waals surface area contributed by atoms with E-state index in [4.69, 9.17) is 0 Å². The fourth-order valence-corrected chi connectivity index (χ4v) is 20.8.